The standard InChI is InChI=1S/C12H24O4Si/c1-3-12(13)16-9-5-7-15-8-6-10-17-11-14-4-2/h3H,1,4-11,17H2,2H3. The minimum atomic E-state index is -0.369. The Morgan fingerprint density at radius 2 is 2.00 bits per heavy atom. The Labute approximate surface area is 106 Å². The highest BCUT2D eigenvalue weighted by Gasteiger charge is 1.95. The van der Waals surface area contributed by atoms with E-state index in [4.69, 9.17) is 14.2 Å². The predicted molar refractivity (Wildman–Crippen MR) is 71.1 cm³/mol. The van der Waals surface area contributed by atoms with E-state index < -0.39 is 0 Å². The van der Waals surface area contributed by atoms with Crippen molar-refractivity contribution in [2.75, 3.05) is 32.7 Å². The molecular formula is C12H24O4Si. The minimum Gasteiger partial charge on any atom is -0.462 e. The van der Waals surface area contributed by atoms with Crippen LogP contribution in [0.2, 0.25) is 6.04 Å². The second kappa shape index (κ2) is 13.4. The van der Waals surface area contributed by atoms with Gasteiger partial charge in [-0.05, 0) is 13.3 Å². The molecule has 0 spiro atoms. The van der Waals surface area contributed by atoms with Crippen LogP contribution in [-0.2, 0) is 19.0 Å². The first kappa shape index (κ1) is 16.3. The maximum Gasteiger partial charge on any atom is 0.330 e. The van der Waals surface area contributed by atoms with Crippen molar-refractivity contribution in [1.29, 1.82) is 0 Å². The SMILES string of the molecule is C=CC(=O)OCCCOCCC[SiH2]COCC. The van der Waals surface area contributed by atoms with E-state index in [1.54, 1.807) is 0 Å². The van der Waals surface area contributed by atoms with Gasteiger partial charge in [-0.2, -0.15) is 0 Å². The van der Waals surface area contributed by atoms with Crippen molar-refractivity contribution in [2.24, 2.45) is 0 Å². The van der Waals surface area contributed by atoms with Crippen LogP contribution in [0.5, 0.6) is 0 Å². The molecule has 0 atom stereocenters. The van der Waals surface area contributed by atoms with Gasteiger partial charge in [-0.1, -0.05) is 12.6 Å². The van der Waals surface area contributed by atoms with Crippen molar-refractivity contribution in [3.63, 3.8) is 0 Å². The number of hydrogen-bond acceptors (Lipinski definition) is 4. The van der Waals surface area contributed by atoms with Gasteiger partial charge < -0.3 is 14.2 Å². The van der Waals surface area contributed by atoms with E-state index in [2.05, 4.69) is 6.58 Å². The molecule has 5 heteroatoms. The first-order valence-corrected chi connectivity index (χ1v) is 8.26. The maximum atomic E-state index is 10.7. The zero-order chi connectivity index (χ0) is 12.8. The Kier molecular flexibility index (Phi) is 12.9. The average molecular weight is 260 g/mol. The van der Waals surface area contributed by atoms with Crippen LogP contribution >= 0.6 is 0 Å². The van der Waals surface area contributed by atoms with E-state index in [-0.39, 0.29) is 15.5 Å². The molecule has 0 heterocycles. The Hall–Kier alpha value is -0.653. The molecule has 17 heavy (non-hydrogen) atoms. The quantitative estimate of drug-likeness (QED) is 0.228. The molecule has 0 bridgehead atoms. The molecule has 0 rings (SSSR count). The van der Waals surface area contributed by atoms with Crippen molar-refractivity contribution in [1.82, 2.24) is 0 Å². The molecular weight excluding hydrogens is 236 g/mol. The molecule has 0 aliphatic heterocycles. The van der Waals surface area contributed by atoms with Crippen molar-refractivity contribution < 1.29 is 19.0 Å². The molecule has 0 amide bonds. The van der Waals surface area contributed by atoms with Crippen molar-refractivity contribution in [3.8, 4) is 0 Å². The Morgan fingerprint density at radius 3 is 2.71 bits per heavy atom. The first-order valence-electron chi connectivity index (χ1n) is 6.26. The van der Waals surface area contributed by atoms with Crippen LogP contribution in [0.4, 0.5) is 0 Å². The predicted octanol–water partition coefficient (Wildman–Crippen LogP) is 1.09. The third-order valence-corrected chi connectivity index (χ3v) is 3.70. The van der Waals surface area contributed by atoms with Crippen LogP contribution in [0.25, 0.3) is 0 Å². The largest absolute Gasteiger partial charge is 0.462 e. The molecule has 0 saturated heterocycles. The summed E-state index contributed by atoms with van der Waals surface area (Å²) >= 11 is 0. The summed E-state index contributed by atoms with van der Waals surface area (Å²) in [5.41, 5.74) is 0. The van der Waals surface area contributed by atoms with Crippen molar-refractivity contribution in [3.05, 3.63) is 12.7 Å². The zero-order valence-corrected chi connectivity index (χ0v) is 12.2. The fourth-order valence-corrected chi connectivity index (χ4v) is 2.48. The third-order valence-electron chi connectivity index (χ3n) is 2.13. The lowest BCUT2D eigenvalue weighted by Crippen LogP contribution is -2.07. The van der Waals surface area contributed by atoms with Crippen LogP contribution in [0.3, 0.4) is 0 Å². The van der Waals surface area contributed by atoms with Crippen LogP contribution in [0.15, 0.2) is 12.7 Å². The van der Waals surface area contributed by atoms with E-state index in [0.717, 1.165) is 32.3 Å². The molecule has 0 aliphatic rings. The molecule has 0 N–H and O–H groups in total. The summed E-state index contributed by atoms with van der Waals surface area (Å²) in [6.07, 6.45) is 4.01. The number of ether oxygens (including phenoxy) is 3. The summed E-state index contributed by atoms with van der Waals surface area (Å²) in [7, 11) is -0.0402. The van der Waals surface area contributed by atoms with Gasteiger partial charge in [-0.25, -0.2) is 4.79 Å². The minimum absolute atomic E-state index is 0.0402. The van der Waals surface area contributed by atoms with Gasteiger partial charge in [0.05, 0.1) is 16.1 Å². The highest BCUT2D eigenvalue weighted by molar-refractivity contribution is 6.35. The second-order valence-electron chi connectivity index (χ2n) is 3.60. The number of carbonyl (C=O) groups is 1. The molecule has 0 radical (unpaired) electrons. The van der Waals surface area contributed by atoms with Gasteiger partial charge in [-0.3, -0.25) is 0 Å². The summed E-state index contributed by atoms with van der Waals surface area (Å²) < 4.78 is 15.5. The van der Waals surface area contributed by atoms with Crippen LogP contribution < -0.4 is 0 Å². The molecule has 0 fully saturated rings. The molecule has 4 nitrogen and oxygen atoms in total. The molecule has 0 aliphatic carbocycles. The van der Waals surface area contributed by atoms with E-state index in [1.807, 2.05) is 6.92 Å². The summed E-state index contributed by atoms with van der Waals surface area (Å²) in [6.45, 7) is 8.03. The molecule has 0 aromatic heterocycles. The third kappa shape index (κ3) is 13.3. The molecule has 0 unspecified atom stereocenters. The highest BCUT2D eigenvalue weighted by Crippen LogP contribution is 1.93. The van der Waals surface area contributed by atoms with Gasteiger partial charge in [0.1, 0.15) is 0 Å². The number of carbonyl (C=O) groups excluding carboxylic acids is 1. The lowest BCUT2D eigenvalue weighted by molar-refractivity contribution is -0.138. The maximum absolute atomic E-state index is 10.7. The van der Waals surface area contributed by atoms with Gasteiger partial charge in [-0.15, -0.1) is 0 Å². The lowest BCUT2D eigenvalue weighted by atomic mass is 10.5. The van der Waals surface area contributed by atoms with Crippen LogP contribution in [-0.4, -0.2) is 48.1 Å². The number of esters is 1. The molecule has 100 valence electrons. The van der Waals surface area contributed by atoms with E-state index in [1.165, 1.54) is 12.1 Å². The van der Waals surface area contributed by atoms with Gasteiger partial charge >= 0.3 is 5.97 Å². The molecule has 0 aromatic rings. The number of rotatable bonds is 12. The van der Waals surface area contributed by atoms with E-state index in [0.29, 0.717) is 13.2 Å². The summed E-state index contributed by atoms with van der Waals surface area (Å²) in [5.74, 6) is -0.369. The smallest absolute Gasteiger partial charge is 0.330 e. The normalized spacial score (nSPS) is 10.9. The monoisotopic (exact) mass is 260 g/mol. The Balaban J connectivity index is 2.98. The van der Waals surface area contributed by atoms with Gasteiger partial charge in [0, 0.05) is 38.5 Å². The fourth-order valence-electron chi connectivity index (χ4n) is 1.22. The summed E-state index contributed by atoms with van der Waals surface area (Å²) in [4.78, 5) is 10.7. The lowest BCUT2D eigenvalue weighted by Gasteiger charge is -2.04. The van der Waals surface area contributed by atoms with Crippen molar-refractivity contribution in [2.45, 2.75) is 25.8 Å². The fraction of sp³-hybridized carbons (Fsp3) is 0.750. The molecule has 0 saturated carbocycles. The van der Waals surface area contributed by atoms with Crippen LogP contribution in [0.1, 0.15) is 19.8 Å². The summed E-state index contributed by atoms with van der Waals surface area (Å²) in [6, 6.07) is 1.27. The van der Waals surface area contributed by atoms with E-state index >= 15 is 0 Å². The number of hydrogen-bond donors (Lipinski definition) is 0. The highest BCUT2D eigenvalue weighted by atomic mass is 28.2. The Bertz CT molecular complexity index is 197. The topological polar surface area (TPSA) is 44.8 Å². The van der Waals surface area contributed by atoms with Gasteiger partial charge in [0.2, 0.25) is 0 Å². The second-order valence-corrected chi connectivity index (χ2v) is 5.42. The Morgan fingerprint density at radius 1 is 1.24 bits per heavy atom. The van der Waals surface area contributed by atoms with E-state index in [9.17, 15) is 4.79 Å². The first-order chi connectivity index (χ1) is 8.31. The summed E-state index contributed by atoms with van der Waals surface area (Å²) in [5, 5.41) is 0. The average Bonchev–Trinajstić information content (AvgIpc) is 2.35. The van der Waals surface area contributed by atoms with Gasteiger partial charge in [0.15, 0.2) is 0 Å². The van der Waals surface area contributed by atoms with Gasteiger partial charge in [0.25, 0.3) is 0 Å². The van der Waals surface area contributed by atoms with Crippen molar-refractivity contribution >= 4 is 15.5 Å². The van der Waals surface area contributed by atoms with Crippen LogP contribution in [0, 0.1) is 0 Å². The molecule has 0 aromatic carbocycles. The zero-order valence-electron chi connectivity index (χ0n) is 10.8.